The van der Waals surface area contributed by atoms with E-state index in [9.17, 15) is 9.59 Å². The molecule has 0 aliphatic carbocycles. The molecule has 0 bridgehead atoms. The Kier molecular flexibility index (Phi) is 5.43. The van der Waals surface area contributed by atoms with Gasteiger partial charge in [0, 0.05) is 25.8 Å². The molecule has 2 amide bonds. The molecule has 2 rings (SSSR count). The van der Waals surface area contributed by atoms with Crippen molar-refractivity contribution in [1.82, 2.24) is 20.2 Å². The van der Waals surface area contributed by atoms with Gasteiger partial charge in [-0.3, -0.25) is 14.6 Å². The maximum atomic E-state index is 12.0. The van der Waals surface area contributed by atoms with Crippen molar-refractivity contribution in [3.05, 3.63) is 23.8 Å². The van der Waals surface area contributed by atoms with Crippen LogP contribution in [0, 0.1) is 12.8 Å². The van der Waals surface area contributed by atoms with Crippen molar-refractivity contribution in [2.24, 2.45) is 5.92 Å². The van der Waals surface area contributed by atoms with Crippen LogP contribution in [0.5, 0.6) is 0 Å². The van der Waals surface area contributed by atoms with Gasteiger partial charge in [0.05, 0.1) is 18.0 Å². The molecule has 0 spiro atoms. The Bertz CT molecular complexity index is 530. The van der Waals surface area contributed by atoms with Crippen LogP contribution >= 0.6 is 0 Å². The Hall–Kier alpha value is -2.02. The average Bonchev–Trinajstić information content (AvgIpc) is 2.48. The van der Waals surface area contributed by atoms with Crippen LogP contribution in [0.1, 0.15) is 30.0 Å². The van der Waals surface area contributed by atoms with E-state index in [-0.39, 0.29) is 30.2 Å². The predicted octanol–water partition coefficient (Wildman–Crippen LogP) is 0.398. The molecule has 1 aromatic rings. The predicted molar refractivity (Wildman–Crippen MR) is 80.3 cm³/mol. The quantitative estimate of drug-likeness (QED) is 0.851. The monoisotopic (exact) mass is 306 g/mol. The average molecular weight is 306 g/mol. The SMILES string of the molecule is Cc1cnc(C(=O)NCC2CN(CC(C)C)C(=O)CO2)cn1. The fraction of sp³-hybridized carbons (Fsp3) is 0.600. The van der Waals surface area contributed by atoms with E-state index in [2.05, 4.69) is 29.1 Å². The third-order valence-corrected chi connectivity index (χ3v) is 3.31. The highest BCUT2D eigenvalue weighted by Gasteiger charge is 2.27. The molecule has 1 saturated heterocycles. The van der Waals surface area contributed by atoms with Crippen LogP contribution < -0.4 is 5.32 Å². The number of amides is 2. The van der Waals surface area contributed by atoms with Gasteiger partial charge in [-0.2, -0.15) is 0 Å². The zero-order valence-corrected chi connectivity index (χ0v) is 13.2. The number of ether oxygens (including phenoxy) is 1. The number of hydrogen-bond donors (Lipinski definition) is 1. The summed E-state index contributed by atoms with van der Waals surface area (Å²) in [7, 11) is 0. The maximum absolute atomic E-state index is 12.0. The Morgan fingerprint density at radius 1 is 1.45 bits per heavy atom. The molecule has 1 unspecified atom stereocenters. The number of carbonyl (C=O) groups excluding carboxylic acids is 2. The smallest absolute Gasteiger partial charge is 0.271 e. The van der Waals surface area contributed by atoms with Gasteiger partial charge in [0.25, 0.3) is 5.91 Å². The zero-order valence-electron chi connectivity index (χ0n) is 13.2. The number of aryl methyl sites for hydroxylation is 1. The first-order valence-electron chi connectivity index (χ1n) is 7.42. The summed E-state index contributed by atoms with van der Waals surface area (Å²) in [4.78, 5) is 33.6. The summed E-state index contributed by atoms with van der Waals surface area (Å²) in [5, 5.41) is 2.77. The second-order valence-corrected chi connectivity index (χ2v) is 5.88. The van der Waals surface area contributed by atoms with Gasteiger partial charge in [0.15, 0.2) is 0 Å². The van der Waals surface area contributed by atoms with E-state index in [1.165, 1.54) is 6.20 Å². The van der Waals surface area contributed by atoms with Gasteiger partial charge in [-0.05, 0) is 12.8 Å². The van der Waals surface area contributed by atoms with Crippen LogP contribution in [0.25, 0.3) is 0 Å². The summed E-state index contributed by atoms with van der Waals surface area (Å²) in [5.74, 6) is 0.115. The van der Waals surface area contributed by atoms with Gasteiger partial charge in [-0.15, -0.1) is 0 Å². The van der Waals surface area contributed by atoms with Crippen molar-refractivity contribution in [3.63, 3.8) is 0 Å². The van der Waals surface area contributed by atoms with E-state index in [0.717, 1.165) is 5.69 Å². The minimum Gasteiger partial charge on any atom is -0.365 e. The number of rotatable bonds is 5. The van der Waals surface area contributed by atoms with Crippen LogP contribution in [0.15, 0.2) is 12.4 Å². The molecular formula is C15H22N4O3. The van der Waals surface area contributed by atoms with E-state index in [1.54, 1.807) is 11.1 Å². The Morgan fingerprint density at radius 3 is 2.86 bits per heavy atom. The zero-order chi connectivity index (χ0) is 16.1. The van der Waals surface area contributed by atoms with Gasteiger partial charge in [0.1, 0.15) is 12.3 Å². The molecule has 7 heteroatoms. The second kappa shape index (κ2) is 7.31. The lowest BCUT2D eigenvalue weighted by Crippen LogP contribution is -2.51. The third-order valence-electron chi connectivity index (χ3n) is 3.31. The first-order chi connectivity index (χ1) is 10.5. The van der Waals surface area contributed by atoms with Crippen LogP contribution in [0.2, 0.25) is 0 Å². The van der Waals surface area contributed by atoms with Gasteiger partial charge >= 0.3 is 0 Å². The van der Waals surface area contributed by atoms with E-state index in [1.807, 2.05) is 6.92 Å². The van der Waals surface area contributed by atoms with Crippen LogP contribution in [-0.2, 0) is 9.53 Å². The summed E-state index contributed by atoms with van der Waals surface area (Å²) in [6, 6.07) is 0. The number of carbonyl (C=O) groups is 2. The second-order valence-electron chi connectivity index (χ2n) is 5.88. The first kappa shape index (κ1) is 16.4. The molecule has 22 heavy (non-hydrogen) atoms. The minimum atomic E-state index is -0.289. The molecular weight excluding hydrogens is 284 g/mol. The first-order valence-corrected chi connectivity index (χ1v) is 7.42. The minimum absolute atomic E-state index is 0.000628. The fourth-order valence-corrected chi connectivity index (χ4v) is 2.23. The van der Waals surface area contributed by atoms with E-state index in [4.69, 9.17) is 4.74 Å². The standard InChI is InChI=1S/C15H22N4O3/c1-10(2)7-19-8-12(22-9-14(19)20)5-18-15(21)13-6-16-11(3)4-17-13/h4,6,10,12H,5,7-9H2,1-3H3,(H,18,21). The molecule has 1 atom stereocenters. The normalized spacial score (nSPS) is 18.6. The van der Waals surface area contributed by atoms with Gasteiger partial charge in [-0.25, -0.2) is 4.98 Å². The van der Waals surface area contributed by atoms with Gasteiger partial charge in [0.2, 0.25) is 5.91 Å². The highest BCUT2D eigenvalue weighted by Crippen LogP contribution is 2.09. The molecule has 2 heterocycles. The molecule has 1 aromatic heterocycles. The highest BCUT2D eigenvalue weighted by atomic mass is 16.5. The summed E-state index contributed by atoms with van der Waals surface area (Å²) in [6.07, 6.45) is 2.80. The number of aromatic nitrogens is 2. The summed E-state index contributed by atoms with van der Waals surface area (Å²) in [5.41, 5.74) is 1.03. The van der Waals surface area contributed by atoms with Crippen molar-refractivity contribution in [2.45, 2.75) is 26.9 Å². The molecule has 0 aromatic carbocycles. The molecule has 1 fully saturated rings. The van der Waals surface area contributed by atoms with E-state index in [0.29, 0.717) is 25.6 Å². The van der Waals surface area contributed by atoms with E-state index < -0.39 is 0 Å². The van der Waals surface area contributed by atoms with Crippen molar-refractivity contribution < 1.29 is 14.3 Å². The number of morpholine rings is 1. The molecule has 1 aliphatic heterocycles. The molecule has 0 saturated carbocycles. The lowest BCUT2D eigenvalue weighted by atomic mass is 10.1. The molecule has 7 nitrogen and oxygen atoms in total. The maximum Gasteiger partial charge on any atom is 0.271 e. The van der Waals surface area contributed by atoms with E-state index >= 15 is 0 Å². The molecule has 1 N–H and O–H groups in total. The lowest BCUT2D eigenvalue weighted by molar-refractivity contribution is -0.149. The van der Waals surface area contributed by atoms with Crippen molar-refractivity contribution in [3.8, 4) is 0 Å². The van der Waals surface area contributed by atoms with Crippen LogP contribution in [0.3, 0.4) is 0 Å². The molecule has 120 valence electrons. The third kappa shape index (κ3) is 4.49. The Labute approximate surface area is 130 Å². The van der Waals surface area contributed by atoms with Gasteiger partial charge in [-0.1, -0.05) is 13.8 Å². The number of hydrogen-bond acceptors (Lipinski definition) is 5. The van der Waals surface area contributed by atoms with Crippen molar-refractivity contribution >= 4 is 11.8 Å². The van der Waals surface area contributed by atoms with Crippen molar-refractivity contribution in [1.29, 1.82) is 0 Å². The Balaban J connectivity index is 1.84. The summed E-state index contributed by atoms with van der Waals surface area (Å²) >= 11 is 0. The number of nitrogens with one attached hydrogen (secondary N) is 1. The van der Waals surface area contributed by atoms with Crippen LogP contribution in [0.4, 0.5) is 0 Å². The largest absolute Gasteiger partial charge is 0.365 e. The summed E-state index contributed by atoms with van der Waals surface area (Å²) in [6.45, 7) is 7.55. The molecule has 0 radical (unpaired) electrons. The van der Waals surface area contributed by atoms with Gasteiger partial charge < -0.3 is 15.0 Å². The number of nitrogens with zero attached hydrogens (tertiary/aromatic N) is 3. The highest BCUT2D eigenvalue weighted by molar-refractivity contribution is 5.91. The fourth-order valence-electron chi connectivity index (χ4n) is 2.23. The van der Waals surface area contributed by atoms with Crippen molar-refractivity contribution in [2.75, 3.05) is 26.2 Å². The topological polar surface area (TPSA) is 84.4 Å². The van der Waals surface area contributed by atoms with Crippen LogP contribution in [-0.4, -0.2) is 59.0 Å². The lowest BCUT2D eigenvalue weighted by Gasteiger charge is -2.33. The molecule has 1 aliphatic rings. The Morgan fingerprint density at radius 2 is 2.23 bits per heavy atom. The summed E-state index contributed by atoms with van der Waals surface area (Å²) < 4.78 is 5.47.